The lowest BCUT2D eigenvalue weighted by Crippen LogP contribution is -2.16. The fourth-order valence-electron chi connectivity index (χ4n) is 2.30. The molecule has 2 aromatic rings. The van der Waals surface area contributed by atoms with E-state index in [0.717, 1.165) is 16.7 Å². The van der Waals surface area contributed by atoms with Gasteiger partial charge >= 0.3 is 0 Å². The molecule has 3 rings (SSSR count). The first kappa shape index (κ1) is 13.2. The molecule has 1 aliphatic rings. The molecule has 1 N–H and O–H groups in total. The van der Waals surface area contributed by atoms with Crippen LogP contribution in [0.2, 0.25) is 10.0 Å². The summed E-state index contributed by atoms with van der Waals surface area (Å²) in [6, 6.07) is 14.8. The Kier molecular flexibility index (Phi) is 3.51. The van der Waals surface area contributed by atoms with Crippen molar-refractivity contribution in [3.8, 4) is 0 Å². The lowest BCUT2D eigenvalue weighted by molar-refractivity contribution is -0.114. The molecule has 2 aromatic carbocycles. The quantitative estimate of drug-likeness (QED) is 0.891. The van der Waals surface area contributed by atoms with Gasteiger partial charge in [0, 0.05) is 16.6 Å². The highest BCUT2D eigenvalue weighted by atomic mass is 35.5. The second-order valence-electron chi connectivity index (χ2n) is 4.55. The Morgan fingerprint density at radius 2 is 1.30 bits per heavy atom. The molecule has 1 amide bonds. The van der Waals surface area contributed by atoms with E-state index in [9.17, 15) is 4.79 Å². The van der Waals surface area contributed by atoms with Gasteiger partial charge in [0.2, 0.25) is 0 Å². The third kappa shape index (κ3) is 2.45. The van der Waals surface area contributed by atoms with E-state index in [1.54, 1.807) is 12.1 Å². The number of amides is 1. The summed E-state index contributed by atoms with van der Waals surface area (Å²) in [6.07, 6.45) is 0. The van der Waals surface area contributed by atoms with Gasteiger partial charge in [-0.1, -0.05) is 47.5 Å². The van der Waals surface area contributed by atoms with Gasteiger partial charge in [-0.3, -0.25) is 4.79 Å². The predicted octanol–water partition coefficient (Wildman–Crippen LogP) is 4.03. The Morgan fingerprint density at radius 1 is 0.800 bits per heavy atom. The van der Waals surface area contributed by atoms with E-state index in [1.165, 1.54) is 0 Å². The number of hydrogen-bond donors (Lipinski definition) is 1. The molecule has 20 heavy (non-hydrogen) atoms. The van der Waals surface area contributed by atoms with Crippen molar-refractivity contribution in [3.05, 3.63) is 69.7 Å². The summed E-state index contributed by atoms with van der Waals surface area (Å²) in [4.78, 5) is 12.1. The average Bonchev–Trinajstić information content (AvgIpc) is 2.83. The zero-order valence-electron chi connectivity index (χ0n) is 10.5. The van der Waals surface area contributed by atoms with Crippen LogP contribution < -0.4 is 5.32 Å². The highest BCUT2D eigenvalue weighted by molar-refractivity contribution is 6.32. The number of halogens is 2. The first-order chi connectivity index (χ1) is 9.65. The molecule has 0 spiro atoms. The Morgan fingerprint density at radius 3 is 1.85 bits per heavy atom. The Bertz CT molecular complexity index is 687. The first-order valence-electron chi connectivity index (χ1n) is 6.18. The van der Waals surface area contributed by atoms with Crippen LogP contribution >= 0.6 is 23.2 Å². The zero-order chi connectivity index (χ0) is 14.1. The van der Waals surface area contributed by atoms with Gasteiger partial charge in [0.25, 0.3) is 5.91 Å². The fourth-order valence-corrected chi connectivity index (χ4v) is 2.55. The minimum atomic E-state index is -0.0581. The van der Waals surface area contributed by atoms with Gasteiger partial charge in [0.15, 0.2) is 0 Å². The summed E-state index contributed by atoms with van der Waals surface area (Å²) < 4.78 is 0. The molecular formula is C16H11Cl2NO. The SMILES string of the molecule is O=C1NCC(c2ccc(Cl)cc2)=C1c1ccc(Cl)cc1. The number of rotatable bonds is 2. The number of carbonyl (C=O) groups excluding carboxylic acids is 1. The van der Waals surface area contributed by atoms with Crippen molar-refractivity contribution in [2.45, 2.75) is 0 Å². The third-order valence-corrected chi connectivity index (χ3v) is 3.78. The standard InChI is InChI=1S/C16H11Cl2NO/c17-12-5-1-10(2-6-12)14-9-19-16(20)15(14)11-3-7-13(18)8-4-11/h1-8H,9H2,(H,19,20). The van der Waals surface area contributed by atoms with Crippen LogP contribution in [-0.4, -0.2) is 12.5 Å². The molecule has 1 aliphatic heterocycles. The second-order valence-corrected chi connectivity index (χ2v) is 5.42. The maximum absolute atomic E-state index is 12.1. The van der Waals surface area contributed by atoms with Gasteiger partial charge in [0.1, 0.15) is 0 Å². The van der Waals surface area contributed by atoms with Crippen molar-refractivity contribution >= 4 is 40.3 Å². The van der Waals surface area contributed by atoms with E-state index >= 15 is 0 Å². The monoisotopic (exact) mass is 303 g/mol. The van der Waals surface area contributed by atoms with Gasteiger partial charge in [0.05, 0.1) is 5.57 Å². The Labute approximate surface area is 127 Å². The van der Waals surface area contributed by atoms with Crippen LogP contribution in [0.1, 0.15) is 11.1 Å². The molecule has 0 radical (unpaired) electrons. The minimum Gasteiger partial charge on any atom is -0.348 e. The molecule has 0 atom stereocenters. The normalized spacial score (nSPS) is 14.6. The van der Waals surface area contributed by atoms with Gasteiger partial charge in [-0.15, -0.1) is 0 Å². The van der Waals surface area contributed by atoms with E-state index in [-0.39, 0.29) is 5.91 Å². The van der Waals surface area contributed by atoms with E-state index in [4.69, 9.17) is 23.2 Å². The summed E-state index contributed by atoms with van der Waals surface area (Å²) in [6.45, 7) is 0.526. The van der Waals surface area contributed by atoms with Crippen molar-refractivity contribution in [1.82, 2.24) is 5.32 Å². The van der Waals surface area contributed by atoms with E-state index < -0.39 is 0 Å². The van der Waals surface area contributed by atoms with Gasteiger partial charge in [-0.05, 0) is 41.0 Å². The summed E-state index contributed by atoms with van der Waals surface area (Å²) in [5.41, 5.74) is 3.55. The van der Waals surface area contributed by atoms with Crippen LogP contribution in [0, 0.1) is 0 Å². The van der Waals surface area contributed by atoms with Gasteiger partial charge < -0.3 is 5.32 Å². The zero-order valence-corrected chi connectivity index (χ0v) is 12.0. The van der Waals surface area contributed by atoms with Gasteiger partial charge in [-0.2, -0.15) is 0 Å². The van der Waals surface area contributed by atoms with Crippen LogP contribution in [0.25, 0.3) is 11.1 Å². The molecular weight excluding hydrogens is 293 g/mol. The Hall–Kier alpha value is -1.77. The summed E-state index contributed by atoms with van der Waals surface area (Å²) in [5, 5.41) is 4.20. The van der Waals surface area contributed by atoms with E-state index in [0.29, 0.717) is 22.2 Å². The van der Waals surface area contributed by atoms with Crippen LogP contribution in [-0.2, 0) is 4.79 Å². The summed E-state index contributed by atoms with van der Waals surface area (Å²) in [5.74, 6) is -0.0581. The topological polar surface area (TPSA) is 29.1 Å². The highest BCUT2D eigenvalue weighted by Crippen LogP contribution is 2.31. The molecule has 0 saturated heterocycles. The summed E-state index contributed by atoms with van der Waals surface area (Å²) >= 11 is 11.8. The smallest absolute Gasteiger partial charge is 0.252 e. The molecule has 0 aromatic heterocycles. The van der Waals surface area contributed by atoms with Crippen molar-refractivity contribution in [3.63, 3.8) is 0 Å². The predicted molar refractivity (Wildman–Crippen MR) is 82.7 cm³/mol. The molecule has 4 heteroatoms. The van der Waals surface area contributed by atoms with Crippen LogP contribution in [0.4, 0.5) is 0 Å². The third-order valence-electron chi connectivity index (χ3n) is 3.28. The fraction of sp³-hybridized carbons (Fsp3) is 0.0625. The molecule has 0 unspecified atom stereocenters. The molecule has 2 nitrogen and oxygen atoms in total. The maximum atomic E-state index is 12.1. The number of nitrogens with one attached hydrogen (secondary N) is 1. The number of hydrogen-bond acceptors (Lipinski definition) is 1. The number of carbonyl (C=O) groups is 1. The van der Waals surface area contributed by atoms with Gasteiger partial charge in [-0.25, -0.2) is 0 Å². The van der Waals surface area contributed by atoms with Crippen molar-refractivity contribution in [1.29, 1.82) is 0 Å². The lowest BCUT2D eigenvalue weighted by atomic mass is 9.97. The molecule has 0 bridgehead atoms. The minimum absolute atomic E-state index is 0.0581. The molecule has 0 fully saturated rings. The molecule has 0 aliphatic carbocycles. The highest BCUT2D eigenvalue weighted by Gasteiger charge is 2.24. The molecule has 0 saturated carbocycles. The van der Waals surface area contributed by atoms with Crippen molar-refractivity contribution < 1.29 is 4.79 Å². The number of benzene rings is 2. The van der Waals surface area contributed by atoms with Crippen LogP contribution in [0.5, 0.6) is 0 Å². The maximum Gasteiger partial charge on any atom is 0.252 e. The largest absolute Gasteiger partial charge is 0.348 e. The van der Waals surface area contributed by atoms with E-state index in [1.807, 2.05) is 36.4 Å². The average molecular weight is 304 g/mol. The van der Waals surface area contributed by atoms with Crippen molar-refractivity contribution in [2.75, 3.05) is 6.54 Å². The van der Waals surface area contributed by atoms with Crippen molar-refractivity contribution in [2.24, 2.45) is 0 Å². The lowest BCUT2D eigenvalue weighted by Gasteiger charge is -2.06. The van der Waals surface area contributed by atoms with Crippen LogP contribution in [0.15, 0.2) is 48.5 Å². The van der Waals surface area contributed by atoms with E-state index in [2.05, 4.69) is 5.32 Å². The van der Waals surface area contributed by atoms with Crippen LogP contribution in [0.3, 0.4) is 0 Å². The molecule has 1 heterocycles. The Balaban J connectivity index is 2.12. The summed E-state index contributed by atoms with van der Waals surface area (Å²) in [7, 11) is 0. The second kappa shape index (κ2) is 5.31. The first-order valence-corrected chi connectivity index (χ1v) is 6.94. The molecule has 100 valence electrons.